The molecule has 0 aromatic heterocycles. The molecule has 0 aliphatic heterocycles. The first-order valence-electron chi connectivity index (χ1n) is 8.41. The van der Waals surface area contributed by atoms with Crippen LogP contribution >= 0.6 is 0 Å². The molecule has 0 spiro atoms. The molecule has 3 rings (SSSR count). The summed E-state index contributed by atoms with van der Waals surface area (Å²) in [6.07, 6.45) is -0.823. The Kier molecular flexibility index (Phi) is 5.47. The molecule has 0 heterocycles. The second-order valence-corrected chi connectivity index (χ2v) is 5.92. The molecular formula is C21H18N2O4. The predicted molar refractivity (Wildman–Crippen MR) is 104 cm³/mol. The number of nitrogens with zero attached hydrogens (tertiary/aromatic N) is 1. The van der Waals surface area contributed by atoms with Crippen LogP contribution in [-0.4, -0.2) is 16.9 Å². The third kappa shape index (κ3) is 4.49. The largest absolute Gasteiger partial charge is 0.481 e. The number of nitro benzene ring substituents is 1. The molecule has 0 saturated heterocycles. The van der Waals surface area contributed by atoms with Gasteiger partial charge >= 0.3 is 0 Å². The van der Waals surface area contributed by atoms with E-state index in [2.05, 4.69) is 5.32 Å². The van der Waals surface area contributed by atoms with Gasteiger partial charge in [0.1, 0.15) is 5.75 Å². The van der Waals surface area contributed by atoms with E-state index < -0.39 is 11.0 Å². The molecule has 3 aromatic rings. The second-order valence-electron chi connectivity index (χ2n) is 5.92. The van der Waals surface area contributed by atoms with Crippen molar-refractivity contribution in [2.24, 2.45) is 0 Å². The summed E-state index contributed by atoms with van der Waals surface area (Å²) in [6, 6.07) is 23.0. The number of nitrogens with one attached hydrogen (secondary N) is 1. The fraction of sp³-hybridized carbons (Fsp3) is 0.0952. The Morgan fingerprint density at radius 3 is 2.44 bits per heavy atom. The summed E-state index contributed by atoms with van der Waals surface area (Å²) in [5, 5.41) is 13.7. The standard InChI is InChI=1S/C21H18N2O4/c1-15(27-18-11-7-10-17(14-18)23(25)26)21(24)22-20-13-6-5-12-19(20)16-8-3-2-4-9-16/h2-15H,1H3,(H,22,24)/t15-/m0/s1. The van der Waals surface area contributed by atoms with Crippen LogP contribution in [0.15, 0.2) is 78.9 Å². The lowest BCUT2D eigenvalue weighted by atomic mass is 10.0. The molecule has 1 N–H and O–H groups in total. The van der Waals surface area contributed by atoms with Crippen molar-refractivity contribution in [3.8, 4) is 16.9 Å². The molecule has 136 valence electrons. The number of nitro groups is 1. The average molecular weight is 362 g/mol. The minimum atomic E-state index is -0.823. The minimum absolute atomic E-state index is 0.0884. The van der Waals surface area contributed by atoms with Gasteiger partial charge in [0, 0.05) is 17.3 Å². The monoisotopic (exact) mass is 362 g/mol. The van der Waals surface area contributed by atoms with Crippen molar-refractivity contribution in [2.45, 2.75) is 13.0 Å². The van der Waals surface area contributed by atoms with Crippen molar-refractivity contribution in [2.75, 3.05) is 5.32 Å². The number of carbonyl (C=O) groups excluding carboxylic acids is 1. The summed E-state index contributed by atoms with van der Waals surface area (Å²) in [5.41, 5.74) is 2.47. The summed E-state index contributed by atoms with van der Waals surface area (Å²) in [7, 11) is 0. The number of benzene rings is 3. The third-order valence-electron chi connectivity index (χ3n) is 3.98. The smallest absolute Gasteiger partial charge is 0.273 e. The number of ether oxygens (including phenoxy) is 1. The lowest BCUT2D eigenvalue weighted by molar-refractivity contribution is -0.384. The maximum atomic E-state index is 12.5. The van der Waals surface area contributed by atoms with Gasteiger partial charge in [0.25, 0.3) is 11.6 Å². The maximum absolute atomic E-state index is 12.5. The van der Waals surface area contributed by atoms with Gasteiger partial charge in [0.15, 0.2) is 6.10 Å². The lowest BCUT2D eigenvalue weighted by Crippen LogP contribution is -2.30. The summed E-state index contributed by atoms with van der Waals surface area (Å²) in [4.78, 5) is 22.9. The Balaban J connectivity index is 1.74. The van der Waals surface area contributed by atoms with Crippen LogP contribution in [0.2, 0.25) is 0 Å². The Morgan fingerprint density at radius 1 is 1.00 bits per heavy atom. The highest BCUT2D eigenvalue weighted by Crippen LogP contribution is 2.28. The molecule has 0 unspecified atom stereocenters. The van der Waals surface area contributed by atoms with Gasteiger partial charge in [-0.2, -0.15) is 0 Å². The third-order valence-corrected chi connectivity index (χ3v) is 3.98. The Bertz CT molecular complexity index is 957. The molecule has 6 heteroatoms. The van der Waals surface area contributed by atoms with Crippen LogP contribution in [0.4, 0.5) is 11.4 Å². The van der Waals surface area contributed by atoms with Crippen LogP contribution in [0, 0.1) is 10.1 Å². The van der Waals surface area contributed by atoms with Gasteiger partial charge < -0.3 is 10.1 Å². The number of carbonyl (C=O) groups is 1. The zero-order valence-electron chi connectivity index (χ0n) is 14.7. The van der Waals surface area contributed by atoms with Crippen molar-refractivity contribution in [3.05, 3.63) is 89.0 Å². The van der Waals surface area contributed by atoms with E-state index in [1.165, 1.54) is 18.2 Å². The van der Waals surface area contributed by atoms with E-state index in [-0.39, 0.29) is 17.3 Å². The first-order chi connectivity index (χ1) is 13.0. The van der Waals surface area contributed by atoms with Crippen molar-refractivity contribution in [1.29, 1.82) is 0 Å². The topological polar surface area (TPSA) is 81.5 Å². The van der Waals surface area contributed by atoms with Crippen LogP contribution < -0.4 is 10.1 Å². The Labute approximate surface area is 156 Å². The first kappa shape index (κ1) is 18.1. The van der Waals surface area contributed by atoms with E-state index >= 15 is 0 Å². The van der Waals surface area contributed by atoms with Crippen LogP contribution in [-0.2, 0) is 4.79 Å². The maximum Gasteiger partial charge on any atom is 0.273 e. The summed E-state index contributed by atoms with van der Waals surface area (Å²) >= 11 is 0. The van der Waals surface area contributed by atoms with E-state index in [1.807, 2.05) is 54.6 Å². The molecule has 0 saturated carbocycles. The van der Waals surface area contributed by atoms with Gasteiger partial charge in [0.05, 0.1) is 11.0 Å². The number of hydrogen-bond acceptors (Lipinski definition) is 4. The summed E-state index contributed by atoms with van der Waals surface area (Å²) in [6.45, 7) is 1.60. The lowest BCUT2D eigenvalue weighted by Gasteiger charge is -2.16. The second kappa shape index (κ2) is 8.14. The van der Waals surface area contributed by atoms with Crippen LogP contribution in [0.1, 0.15) is 6.92 Å². The quantitative estimate of drug-likeness (QED) is 0.510. The molecule has 27 heavy (non-hydrogen) atoms. The fourth-order valence-electron chi connectivity index (χ4n) is 2.62. The molecule has 1 atom stereocenters. The minimum Gasteiger partial charge on any atom is -0.481 e. The van der Waals surface area contributed by atoms with Gasteiger partial charge in [-0.1, -0.05) is 54.6 Å². The summed E-state index contributed by atoms with van der Waals surface area (Å²) in [5.74, 6) is -0.0759. The highest BCUT2D eigenvalue weighted by molar-refractivity contribution is 5.98. The number of hydrogen-bond donors (Lipinski definition) is 1. The molecule has 1 amide bonds. The van der Waals surface area contributed by atoms with Gasteiger partial charge in [-0.15, -0.1) is 0 Å². The number of anilines is 1. The molecule has 3 aromatic carbocycles. The van der Waals surface area contributed by atoms with Gasteiger partial charge in [-0.25, -0.2) is 0 Å². The molecular weight excluding hydrogens is 344 g/mol. The van der Waals surface area contributed by atoms with Crippen molar-refractivity contribution < 1.29 is 14.5 Å². The normalized spacial score (nSPS) is 11.4. The molecule has 0 bridgehead atoms. The van der Waals surface area contributed by atoms with Gasteiger partial charge in [0.2, 0.25) is 0 Å². The highest BCUT2D eigenvalue weighted by Gasteiger charge is 2.17. The molecule has 0 aliphatic rings. The van der Waals surface area contributed by atoms with Crippen molar-refractivity contribution in [3.63, 3.8) is 0 Å². The van der Waals surface area contributed by atoms with Crippen LogP contribution in [0.3, 0.4) is 0 Å². The predicted octanol–water partition coefficient (Wildman–Crippen LogP) is 4.67. The fourth-order valence-corrected chi connectivity index (χ4v) is 2.62. The molecule has 0 radical (unpaired) electrons. The zero-order valence-corrected chi connectivity index (χ0v) is 14.7. The van der Waals surface area contributed by atoms with Gasteiger partial charge in [-0.3, -0.25) is 14.9 Å². The number of rotatable bonds is 6. The zero-order chi connectivity index (χ0) is 19.2. The average Bonchev–Trinajstić information content (AvgIpc) is 2.69. The SMILES string of the molecule is C[C@H](Oc1cccc([N+](=O)[O-])c1)C(=O)Nc1ccccc1-c1ccccc1. The van der Waals surface area contributed by atoms with E-state index in [0.717, 1.165) is 11.1 Å². The van der Waals surface area contributed by atoms with Crippen molar-refractivity contribution in [1.82, 2.24) is 0 Å². The molecule has 0 fully saturated rings. The highest BCUT2D eigenvalue weighted by atomic mass is 16.6. The van der Waals surface area contributed by atoms with Crippen LogP contribution in [0.5, 0.6) is 5.75 Å². The number of para-hydroxylation sites is 1. The van der Waals surface area contributed by atoms with E-state index in [1.54, 1.807) is 13.0 Å². The van der Waals surface area contributed by atoms with Crippen LogP contribution in [0.25, 0.3) is 11.1 Å². The Hall–Kier alpha value is -3.67. The van der Waals surface area contributed by atoms with E-state index in [0.29, 0.717) is 5.69 Å². The summed E-state index contributed by atoms with van der Waals surface area (Å²) < 4.78 is 5.57. The van der Waals surface area contributed by atoms with E-state index in [4.69, 9.17) is 4.74 Å². The number of amides is 1. The first-order valence-corrected chi connectivity index (χ1v) is 8.41. The Morgan fingerprint density at radius 2 is 1.70 bits per heavy atom. The number of non-ortho nitro benzene ring substituents is 1. The van der Waals surface area contributed by atoms with Crippen molar-refractivity contribution >= 4 is 17.3 Å². The molecule has 0 aliphatic carbocycles. The molecule has 6 nitrogen and oxygen atoms in total. The van der Waals surface area contributed by atoms with Gasteiger partial charge in [-0.05, 0) is 24.6 Å². The van der Waals surface area contributed by atoms with E-state index in [9.17, 15) is 14.9 Å².